The van der Waals surface area contributed by atoms with Crippen LogP contribution in [0.5, 0.6) is 0 Å². The van der Waals surface area contributed by atoms with Crippen molar-refractivity contribution in [2.24, 2.45) is 18.7 Å². The largest absolute Gasteiger partial charge is 0.393 e. The molecule has 0 amide bonds. The molecule has 0 aliphatic carbocycles. The molecule has 4 nitrogen and oxygen atoms in total. The predicted octanol–water partition coefficient (Wildman–Crippen LogP) is 1.14. The Kier molecular flexibility index (Phi) is 3.03. The minimum absolute atomic E-state index is 0.00213. The Morgan fingerprint density at radius 2 is 2.12 bits per heavy atom. The number of rotatable bonds is 1. The Balaban J connectivity index is 2.17. The maximum atomic E-state index is 12.7. The number of nitrogens with two attached hydrogens (primary N) is 1. The van der Waals surface area contributed by atoms with Crippen LogP contribution in [0, 0.1) is 5.92 Å². The SMILES string of the molecule is Cn1nccc1N1C[C@@H](N)C[C@@H](C(F)(F)F)C1. The van der Waals surface area contributed by atoms with E-state index in [1.54, 1.807) is 28.9 Å². The van der Waals surface area contributed by atoms with Gasteiger partial charge in [-0.2, -0.15) is 18.3 Å². The van der Waals surface area contributed by atoms with E-state index in [0.29, 0.717) is 12.4 Å². The van der Waals surface area contributed by atoms with Crippen molar-refractivity contribution < 1.29 is 13.2 Å². The quantitative estimate of drug-likeness (QED) is 0.810. The van der Waals surface area contributed by atoms with Crippen LogP contribution in [0.1, 0.15) is 6.42 Å². The first-order valence-electron chi connectivity index (χ1n) is 5.43. The highest BCUT2D eigenvalue weighted by Gasteiger charge is 2.44. The van der Waals surface area contributed by atoms with E-state index in [1.807, 2.05) is 0 Å². The third-order valence-electron chi connectivity index (χ3n) is 3.06. The van der Waals surface area contributed by atoms with Gasteiger partial charge in [0, 0.05) is 32.2 Å². The van der Waals surface area contributed by atoms with Crippen molar-refractivity contribution in [3.8, 4) is 0 Å². The Labute approximate surface area is 97.2 Å². The third kappa shape index (κ3) is 2.54. The number of halogens is 3. The summed E-state index contributed by atoms with van der Waals surface area (Å²) < 4.78 is 39.7. The zero-order valence-electron chi connectivity index (χ0n) is 9.48. The predicted molar refractivity (Wildman–Crippen MR) is 57.6 cm³/mol. The van der Waals surface area contributed by atoms with E-state index in [0.717, 1.165) is 0 Å². The molecule has 0 saturated carbocycles. The summed E-state index contributed by atoms with van der Waals surface area (Å²) in [6.07, 6.45) is -2.62. The number of hydrogen-bond acceptors (Lipinski definition) is 3. The highest BCUT2D eigenvalue weighted by molar-refractivity contribution is 5.39. The van der Waals surface area contributed by atoms with Gasteiger partial charge in [-0.15, -0.1) is 0 Å². The molecule has 1 fully saturated rings. The van der Waals surface area contributed by atoms with E-state index in [9.17, 15) is 13.2 Å². The van der Waals surface area contributed by atoms with Crippen molar-refractivity contribution in [3.05, 3.63) is 12.3 Å². The Bertz CT molecular complexity index is 387. The molecule has 1 aliphatic heterocycles. The van der Waals surface area contributed by atoms with Crippen LogP contribution in [-0.4, -0.2) is 35.1 Å². The fourth-order valence-electron chi connectivity index (χ4n) is 2.24. The maximum absolute atomic E-state index is 12.7. The van der Waals surface area contributed by atoms with Gasteiger partial charge in [0.2, 0.25) is 0 Å². The molecule has 1 aromatic heterocycles. The number of anilines is 1. The van der Waals surface area contributed by atoms with Gasteiger partial charge in [-0.1, -0.05) is 0 Å². The van der Waals surface area contributed by atoms with Crippen LogP contribution in [0.4, 0.5) is 19.0 Å². The van der Waals surface area contributed by atoms with Gasteiger partial charge in [0.25, 0.3) is 0 Å². The van der Waals surface area contributed by atoms with Gasteiger partial charge < -0.3 is 10.6 Å². The fraction of sp³-hybridized carbons (Fsp3) is 0.700. The summed E-state index contributed by atoms with van der Waals surface area (Å²) in [6.45, 7) is 0.392. The van der Waals surface area contributed by atoms with Crippen LogP contribution in [0.25, 0.3) is 0 Å². The van der Waals surface area contributed by atoms with E-state index in [4.69, 9.17) is 5.73 Å². The van der Waals surface area contributed by atoms with Crippen molar-refractivity contribution in [2.45, 2.75) is 18.6 Å². The lowest BCUT2D eigenvalue weighted by atomic mass is 9.94. The highest BCUT2D eigenvalue weighted by atomic mass is 19.4. The number of alkyl halides is 3. The fourth-order valence-corrected chi connectivity index (χ4v) is 2.24. The first-order valence-corrected chi connectivity index (χ1v) is 5.43. The Morgan fingerprint density at radius 3 is 2.65 bits per heavy atom. The summed E-state index contributed by atoms with van der Waals surface area (Å²) in [5.74, 6) is -0.685. The first kappa shape index (κ1) is 12.2. The second kappa shape index (κ2) is 4.21. The molecule has 0 spiro atoms. The van der Waals surface area contributed by atoms with E-state index in [1.165, 1.54) is 0 Å². The molecule has 0 aromatic carbocycles. The zero-order chi connectivity index (χ0) is 12.6. The third-order valence-corrected chi connectivity index (χ3v) is 3.06. The monoisotopic (exact) mass is 248 g/mol. The smallest absolute Gasteiger partial charge is 0.355 e. The Hall–Kier alpha value is -1.24. The van der Waals surface area contributed by atoms with Gasteiger partial charge in [0.15, 0.2) is 0 Å². The Morgan fingerprint density at radius 1 is 1.41 bits per heavy atom. The summed E-state index contributed by atoms with van der Waals surface area (Å²) in [7, 11) is 1.71. The molecule has 1 saturated heterocycles. The van der Waals surface area contributed by atoms with E-state index < -0.39 is 18.1 Å². The molecule has 17 heavy (non-hydrogen) atoms. The van der Waals surface area contributed by atoms with Gasteiger partial charge in [-0.25, -0.2) is 0 Å². The first-order chi connectivity index (χ1) is 7.88. The van der Waals surface area contributed by atoms with E-state index >= 15 is 0 Å². The number of aryl methyl sites for hydroxylation is 1. The zero-order valence-corrected chi connectivity index (χ0v) is 9.48. The molecule has 1 aliphatic rings. The van der Waals surface area contributed by atoms with Crippen LogP contribution >= 0.6 is 0 Å². The number of aromatic nitrogens is 2. The summed E-state index contributed by atoms with van der Waals surface area (Å²) in [4.78, 5) is 1.65. The standard InChI is InChI=1S/C10H15F3N4/c1-16-9(2-3-15-16)17-5-7(10(11,12)13)4-8(14)6-17/h2-3,7-8H,4-6,14H2,1H3/t7-,8+/m1/s1. The lowest BCUT2D eigenvalue weighted by molar-refractivity contribution is -0.177. The average Bonchev–Trinajstić information content (AvgIpc) is 2.62. The average molecular weight is 248 g/mol. The van der Waals surface area contributed by atoms with Crippen molar-refractivity contribution in [3.63, 3.8) is 0 Å². The van der Waals surface area contributed by atoms with Gasteiger partial charge in [0.05, 0.1) is 12.1 Å². The molecule has 1 aromatic rings. The molecule has 0 unspecified atom stereocenters. The van der Waals surface area contributed by atoms with Crippen LogP contribution in [-0.2, 0) is 7.05 Å². The minimum Gasteiger partial charge on any atom is -0.355 e. The highest BCUT2D eigenvalue weighted by Crippen LogP contribution is 2.34. The van der Waals surface area contributed by atoms with E-state index in [2.05, 4.69) is 5.10 Å². The number of nitrogens with zero attached hydrogens (tertiary/aromatic N) is 3. The normalized spacial score (nSPS) is 26.3. The van der Waals surface area contributed by atoms with Gasteiger partial charge in [-0.05, 0) is 6.42 Å². The molecule has 2 atom stereocenters. The van der Waals surface area contributed by atoms with Crippen LogP contribution < -0.4 is 10.6 Å². The van der Waals surface area contributed by atoms with E-state index in [-0.39, 0.29) is 13.0 Å². The van der Waals surface area contributed by atoms with Crippen molar-refractivity contribution >= 4 is 5.82 Å². The summed E-state index contributed by atoms with van der Waals surface area (Å²) in [6, 6.07) is 1.25. The topological polar surface area (TPSA) is 47.1 Å². The molecule has 7 heteroatoms. The number of piperidine rings is 1. The second-order valence-electron chi connectivity index (χ2n) is 4.45. The van der Waals surface area contributed by atoms with Crippen molar-refractivity contribution in [1.29, 1.82) is 0 Å². The molecule has 0 bridgehead atoms. The van der Waals surface area contributed by atoms with Crippen LogP contribution in [0.3, 0.4) is 0 Å². The summed E-state index contributed by atoms with van der Waals surface area (Å²) in [5, 5.41) is 3.96. The van der Waals surface area contributed by atoms with Gasteiger partial charge in [-0.3, -0.25) is 4.68 Å². The van der Waals surface area contributed by atoms with Crippen molar-refractivity contribution in [2.75, 3.05) is 18.0 Å². The molecular formula is C10H15F3N4. The van der Waals surface area contributed by atoms with Crippen LogP contribution in [0.2, 0.25) is 0 Å². The molecule has 0 radical (unpaired) electrons. The van der Waals surface area contributed by atoms with Gasteiger partial charge >= 0.3 is 6.18 Å². The minimum atomic E-state index is -4.19. The molecule has 96 valence electrons. The van der Waals surface area contributed by atoms with Gasteiger partial charge in [0.1, 0.15) is 5.82 Å². The molecule has 2 N–H and O–H groups in total. The molecule has 2 heterocycles. The van der Waals surface area contributed by atoms with Crippen molar-refractivity contribution in [1.82, 2.24) is 9.78 Å². The molecule has 2 rings (SSSR count). The summed E-state index contributed by atoms with van der Waals surface area (Å²) >= 11 is 0. The summed E-state index contributed by atoms with van der Waals surface area (Å²) in [5.41, 5.74) is 5.70. The second-order valence-corrected chi connectivity index (χ2v) is 4.45. The maximum Gasteiger partial charge on any atom is 0.393 e. The lowest BCUT2D eigenvalue weighted by Gasteiger charge is -2.38. The van der Waals surface area contributed by atoms with Crippen LogP contribution in [0.15, 0.2) is 12.3 Å². The lowest BCUT2D eigenvalue weighted by Crippen LogP contribution is -2.51. The molecular weight excluding hydrogens is 233 g/mol. The number of hydrogen-bond donors (Lipinski definition) is 1.